The monoisotopic (exact) mass is 218 g/mol. The van der Waals surface area contributed by atoms with E-state index >= 15 is 0 Å². The number of hydrogen-bond acceptors (Lipinski definition) is 4. The van der Waals surface area contributed by atoms with Crippen molar-refractivity contribution in [3.05, 3.63) is 33.1 Å². The van der Waals surface area contributed by atoms with Crippen LogP contribution >= 0.6 is 0 Å². The molecule has 82 valence electrons. The first-order chi connectivity index (χ1) is 6.99. The van der Waals surface area contributed by atoms with E-state index in [9.17, 15) is 18.9 Å². The molecule has 0 atom stereocenters. The van der Waals surface area contributed by atoms with Crippen molar-refractivity contribution in [3.63, 3.8) is 0 Å². The van der Waals surface area contributed by atoms with E-state index in [1.807, 2.05) is 0 Å². The topological polar surface area (TPSA) is 76.3 Å². The fourth-order valence-electron chi connectivity index (χ4n) is 1.23. The average molecular weight is 218 g/mol. The van der Waals surface area contributed by atoms with Gasteiger partial charge < -0.3 is 5.11 Å². The molecule has 0 radical (unpaired) electrons. The first-order valence-electron chi connectivity index (χ1n) is 4.00. The largest absolute Gasteiger partial charge is 0.390 e. The number of aliphatic hydroxyl groups is 1. The van der Waals surface area contributed by atoms with Gasteiger partial charge >= 0.3 is 0 Å². The molecule has 0 aliphatic carbocycles. The Morgan fingerprint density at radius 1 is 1.67 bits per heavy atom. The second-order valence-electron chi connectivity index (χ2n) is 2.84. The number of halogens is 2. The lowest BCUT2D eigenvalue weighted by atomic mass is 10.1. The number of alkyl halides is 2. The Balaban J connectivity index is 3.44. The molecule has 0 aromatic carbocycles. The molecule has 0 aliphatic rings. The maximum absolute atomic E-state index is 12.6. The minimum absolute atomic E-state index is 0.0240. The number of nitrogens with zero attached hydrogens (tertiary/aromatic N) is 2. The standard InChI is InChI=1S/C8H8F2N2O3/c1-4-5(3-13)11-2-6(12(14)15)7(4)8(9)10/h2,8,13H,3H2,1H3. The average Bonchev–Trinajstić information content (AvgIpc) is 2.16. The molecule has 0 aliphatic heterocycles. The number of pyridine rings is 1. The summed E-state index contributed by atoms with van der Waals surface area (Å²) in [5.41, 5.74) is -1.42. The Kier molecular flexibility index (Phi) is 3.25. The molecule has 0 saturated carbocycles. The second-order valence-corrected chi connectivity index (χ2v) is 2.84. The molecule has 1 N–H and O–H groups in total. The van der Waals surface area contributed by atoms with Crippen LogP contribution in [0.1, 0.15) is 23.2 Å². The van der Waals surface area contributed by atoms with Gasteiger partial charge in [-0.2, -0.15) is 0 Å². The van der Waals surface area contributed by atoms with Gasteiger partial charge in [-0.3, -0.25) is 15.1 Å². The van der Waals surface area contributed by atoms with Crippen molar-refractivity contribution < 1.29 is 18.8 Å². The Bertz CT molecular complexity index is 396. The number of rotatable bonds is 3. The molecule has 0 saturated heterocycles. The predicted molar refractivity (Wildman–Crippen MR) is 46.5 cm³/mol. The van der Waals surface area contributed by atoms with Crippen LogP contribution in [0.4, 0.5) is 14.5 Å². The number of aliphatic hydroxyl groups excluding tert-OH is 1. The van der Waals surface area contributed by atoms with Gasteiger partial charge in [0.25, 0.3) is 12.1 Å². The van der Waals surface area contributed by atoms with E-state index in [1.165, 1.54) is 6.92 Å². The van der Waals surface area contributed by atoms with Crippen LogP contribution in [0.2, 0.25) is 0 Å². The molecule has 0 spiro atoms. The summed E-state index contributed by atoms with van der Waals surface area (Å²) in [6.07, 6.45) is -2.22. The van der Waals surface area contributed by atoms with E-state index in [0.29, 0.717) is 0 Å². The Hall–Kier alpha value is -1.63. The third-order valence-corrected chi connectivity index (χ3v) is 2.02. The summed E-state index contributed by atoms with van der Waals surface area (Å²) < 4.78 is 25.1. The highest BCUT2D eigenvalue weighted by molar-refractivity contribution is 5.45. The lowest BCUT2D eigenvalue weighted by Gasteiger charge is -2.08. The third kappa shape index (κ3) is 2.07. The quantitative estimate of drug-likeness (QED) is 0.619. The van der Waals surface area contributed by atoms with Crippen molar-refractivity contribution in [3.8, 4) is 0 Å². The van der Waals surface area contributed by atoms with Crippen LogP contribution < -0.4 is 0 Å². The van der Waals surface area contributed by atoms with E-state index in [-0.39, 0.29) is 11.3 Å². The summed E-state index contributed by atoms with van der Waals surface area (Å²) in [5, 5.41) is 19.2. The van der Waals surface area contributed by atoms with Gasteiger partial charge in [-0.05, 0) is 12.5 Å². The summed E-state index contributed by atoms with van der Waals surface area (Å²) in [4.78, 5) is 13.1. The molecule has 1 aromatic rings. The van der Waals surface area contributed by atoms with Crippen molar-refractivity contribution in [2.24, 2.45) is 0 Å². The van der Waals surface area contributed by atoms with Gasteiger partial charge in [0, 0.05) is 0 Å². The highest BCUT2D eigenvalue weighted by Gasteiger charge is 2.26. The fourth-order valence-corrected chi connectivity index (χ4v) is 1.23. The lowest BCUT2D eigenvalue weighted by molar-refractivity contribution is -0.386. The summed E-state index contributed by atoms with van der Waals surface area (Å²) in [5.74, 6) is 0. The molecule has 1 heterocycles. The minimum Gasteiger partial charge on any atom is -0.390 e. The van der Waals surface area contributed by atoms with Crippen LogP contribution in [-0.2, 0) is 6.61 Å². The molecule has 0 bridgehead atoms. The van der Waals surface area contributed by atoms with Crippen molar-refractivity contribution >= 4 is 5.69 Å². The first kappa shape index (κ1) is 11.4. The van der Waals surface area contributed by atoms with Crippen molar-refractivity contribution in [1.29, 1.82) is 0 Å². The van der Waals surface area contributed by atoms with E-state index in [0.717, 1.165) is 6.20 Å². The normalized spacial score (nSPS) is 10.7. The maximum atomic E-state index is 12.6. The van der Waals surface area contributed by atoms with Crippen LogP contribution in [0, 0.1) is 17.0 Å². The molecule has 15 heavy (non-hydrogen) atoms. The minimum atomic E-state index is -2.96. The fraction of sp³-hybridized carbons (Fsp3) is 0.375. The van der Waals surface area contributed by atoms with Gasteiger partial charge in [0.05, 0.1) is 17.2 Å². The van der Waals surface area contributed by atoms with E-state index in [4.69, 9.17) is 5.11 Å². The van der Waals surface area contributed by atoms with Crippen LogP contribution in [0.5, 0.6) is 0 Å². The van der Waals surface area contributed by atoms with Crippen molar-refractivity contribution in [2.75, 3.05) is 0 Å². The zero-order chi connectivity index (χ0) is 11.6. The van der Waals surface area contributed by atoms with Crippen LogP contribution in [0.15, 0.2) is 6.20 Å². The number of nitro groups is 1. The van der Waals surface area contributed by atoms with Crippen LogP contribution in [0.3, 0.4) is 0 Å². The van der Waals surface area contributed by atoms with Gasteiger partial charge in [-0.25, -0.2) is 8.78 Å². The van der Waals surface area contributed by atoms with Gasteiger partial charge in [0.1, 0.15) is 11.8 Å². The molecular weight excluding hydrogens is 210 g/mol. The second kappa shape index (κ2) is 4.26. The highest BCUT2D eigenvalue weighted by atomic mass is 19.3. The van der Waals surface area contributed by atoms with Crippen LogP contribution in [0.25, 0.3) is 0 Å². The molecule has 0 amide bonds. The molecule has 1 aromatic heterocycles. The van der Waals surface area contributed by atoms with E-state index < -0.39 is 29.2 Å². The Labute approximate surface area is 83.5 Å². The zero-order valence-corrected chi connectivity index (χ0v) is 7.78. The van der Waals surface area contributed by atoms with Gasteiger partial charge in [-0.1, -0.05) is 0 Å². The van der Waals surface area contributed by atoms with Crippen LogP contribution in [-0.4, -0.2) is 15.0 Å². The molecule has 1 rings (SSSR count). The molecule has 0 fully saturated rings. The predicted octanol–water partition coefficient (Wildman–Crippen LogP) is 1.73. The number of aromatic nitrogens is 1. The summed E-state index contributed by atoms with van der Waals surface area (Å²) in [6, 6.07) is 0. The first-order valence-corrected chi connectivity index (χ1v) is 4.00. The number of hydrogen-bond donors (Lipinski definition) is 1. The van der Waals surface area contributed by atoms with Gasteiger partial charge in [0.15, 0.2) is 0 Å². The Morgan fingerprint density at radius 3 is 2.67 bits per heavy atom. The highest BCUT2D eigenvalue weighted by Crippen LogP contribution is 2.32. The van der Waals surface area contributed by atoms with Crippen molar-refractivity contribution in [1.82, 2.24) is 4.98 Å². The smallest absolute Gasteiger partial charge is 0.296 e. The summed E-state index contributed by atoms with van der Waals surface area (Å²) in [7, 11) is 0. The third-order valence-electron chi connectivity index (χ3n) is 2.02. The maximum Gasteiger partial charge on any atom is 0.296 e. The van der Waals surface area contributed by atoms with Gasteiger partial charge in [0.2, 0.25) is 0 Å². The molecule has 7 heteroatoms. The summed E-state index contributed by atoms with van der Waals surface area (Å²) >= 11 is 0. The lowest BCUT2D eigenvalue weighted by Crippen LogP contribution is -2.04. The van der Waals surface area contributed by atoms with E-state index in [1.54, 1.807) is 0 Å². The zero-order valence-electron chi connectivity index (χ0n) is 7.78. The molecular formula is C8H8F2N2O3. The molecule has 0 unspecified atom stereocenters. The van der Waals surface area contributed by atoms with Gasteiger partial charge in [-0.15, -0.1) is 0 Å². The van der Waals surface area contributed by atoms with E-state index in [2.05, 4.69) is 4.98 Å². The SMILES string of the molecule is Cc1c(CO)ncc([N+](=O)[O-])c1C(F)F. The van der Waals surface area contributed by atoms with Crippen molar-refractivity contribution in [2.45, 2.75) is 20.0 Å². The molecule has 5 nitrogen and oxygen atoms in total. The Morgan fingerprint density at radius 2 is 2.27 bits per heavy atom. The summed E-state index contributed by atoms with van der Waals surface area (Å²) in [6.45, 7) is 0.747.